The van der Waals surface area contributed by atoms with E-state index in [1.807, 2.05) is 0 Å². The van der Waals surface area contributed by atoms with Crippen molar-refractivity contribution >= 4 is 9.04 Å². The molecule has 2 atom stereocenters. The van der Waals surface area contributed by atoms with Gasteiger partial charge in [-0.15, -0.1) is 0 Å². The maximum atomic E-state index is 6.00. The predicted octanol–water partition coefficient (Wildman–Crippen LogP) is 3.22. The molecular weight excluding hydrogens is 164 g/mol. The van der Waals surface area contributed by atoms with E-state index >= 15 is 0 Å². The fourth-order valence-corrected chi connectivity index (χ4v) is 3.01. The maximum Gasteiger partial charge on any atom is 0.205 e. The Morgan fingerprint density at radius 1 is 1.25 bits per heavy atom. The minimum absolute atomic E-state index is 0.476. The van der Waals surface area contributed by atoms with Crippen LogP contribution in [0.4, 0.5) is 0 Å². The van der Waals surface area contributed by atoms with Crippen LogP contribution in [-0.4, -0.2) is 15.1 Å². The highest BCUT2D eigenvalue weighted by Crippen LogP contribution is 2.29. The lowest BCUT2D eigenvalue weighted by Crippen LogP contribution is -2.31. The van der Waals surface area contributed by atoms with Crippen LogP contribution in [0.1, 0.15) is 39.0 Å². The minimum Gasteiger partial charge on any atom is -0.414 e. The first kappa shape index (κ1) is 10.3. The molecule has 0 N–H and O–H groups in total. The zero-order valence-corrected chi connectivity index (χ0v) is 9.60. The predicted molar refractivity (Wildman–Crippen MR) is 54.6 cm³/mol. The molecule has 2 heteroatoms. The molecule has 12 heavy (non-hydrogen) atoms. The summed E-state index contributed by atoms with van der Waals surface area (Å²) in [6.07, 6.45) is 7.43. The summed E-state index contributed by atoms with van der Waals surface area (Å²) in [5.41, 5.74) is 0. The molecule has 71 valence electrons. The van der Waals surface area contributed by atoms with Gasteiger partial charge in [0.1, 0.15) is 0 Å². The van der Waals surface area contributed by atoms with Gasteiger partial charge >= 0.3 is 0 Å². The van der Waals surface area contributed by atoms with Crippen molar-refractivity contribution in [2.75, 3.05) is 0 Å². The van der Waals surface area contributed by atoms with E-state index in [2.05, 4.69) is 20.0 Å². The third-order valence-corrected chi connectivity index (χ3v) is 3.52. The average Bonchev–Trinajstić information content (AvgIpc) is 2.04. The standard InChI is InChI=1S/C10H21OSi/c1-4-9-7-5-6-8-10(9)11-12(2)3/h9-10H,4-8H2,1-3H3. The lowest BCUT2D eigenvalue weighted by atomic mass is 9.85. The molecule has 0 spiro atoms. The first-order valence-electron chi connectivity index (χ1n) is 5.21. The van der Waals surface area contributed by atoms with E-state index in [0.717, 1.165) is 5.92 Å². The molecule has 2 unspecified atom stereocenters. The fraction of sp³-hybridized carbons (Fsp3) is 1.00. The lowest BCUT2D eigenvalue weighted by molar-refractivity contribution is 0.0903. The SMILES string of the molecule is CCC1CCCCC1O[Si](C)C. The Morgan fingerprint density at radius 2 is 1.92 bits per heavy atom. The lowest BCUT2D eigenvalue weighted by Gasteiger charge is -2.32. The Bertz CT molecular complexity index is 125. The van der Waals surface area contributed by atoms with Crippen LogP contribution in [0.3, 0.4) is 0 Å². The largest absolute Gasteiger partial charge is 0.414 e. The van der Waals surface area contributed by atoms with Crippen molar-refractivity contribution in [3.63, 3.8) is 0 Å². The van der Waals surface area contributed by atoms with Gasteiger partial charge in [0.2, 0.25) is 9.04 Å². The van der Waals surface area contributed by atoms with Gasteiger partial charge in [-0.1, -0.05) is 26.2 Å². The monoisotopic (exact) mass is 185 g/mol. The van der Waals surface area contributed by atoms with Gasteiger partial charge in [0.25, 0.3) is 0 Å². The molecule has 1 nitrogen and oxygen atoms in total. The molecule has 0 saturated heterocycles. The molecular formula is C10H21OSi. The van der Waals surface area contributed by atoms with E-state index in [-0.39, 0.29) is 0 Å². The molecule has 1 aliphatic carbocycles. The van der Waals surface area contributed by atoms with E-state index in [0.29, 0.717) is 6.10 Å². The molecule has 0 aromatic carbocycles. The van der Waals surface area contributed by atoms with E-state index in [1.54, 1.807) is 0 Å². The number of rotatable bonds is 3. The van der Waals surface area contributed by atoms with Crippen molar-refractivity contribution in [2.45, 2.75) is 58.2 Å². The van der Waals surface area contributed by atoms with Crippen LogP contribution in [0.5, 0.6) is 0 Å². The van der Waals surface area contributed by atoms with Crippen molar-refractivity contribution in [3.8, 4) is 0 Å². The molecule has 1 fully saturated rings. The molecule has 0 aliphatic heterocycles. The summed E-state index contributed by atoms with van der Waals surface area (Å²) >= 11 is 0. The Balaban J connectivity index is 2.36. The highest BCUT2D eigenvalue weighted by atomic mass is 28.3. The summed E-state index contributed by atoms with van der Waals surface area (Å²) in [6, 6.07) is 0. The fourth-order valence-electron chi connectivity index (χ4n) is 2.10. The van der Waals surface area contributed by atoms with Gasteiger partial charge in [0.05, 0.1) is 0 Å². The van der Waals surface area contributed by atoms with Gasteiger partial charge in [-0.3, -0.25) is 0 Å². The van der Waals surface area contributed by atoms with Crippen LogP contribution in [0.25, 0.3) is 0 Å². The van der Waals surface area contributed by atoms with E-state index in [9.17, 15) is 0 Å². The third kappa shape index (κ3) is 2.90. The second-order valence-corrected chi connectivity index (χ2v) is 6.07. The number of hydrogen-bond donors (Lipinski definition) is 0. The Hall–Kier alpha value is 0.177. The molecule has 0 bridgehead atoms. The van der Waals surface area contributed by atoms with Crippen LogP contribution >= 0.6 is 0 Å². The summed E-state index contributed by atoms with van der Waals surface area (Å²) in [5, 5.41) is 0. The van der Waals surface area contributed by atoms with Crippen molar-refractivity contribution in [2.24, 2.45) is 5.92 Å². The van der Waals surface area contributed by atoms with Crippen molar-refractivity contribution in [3.05, 3.63) is 0 Å². The van der Waals surface area contributed by atoms with Crippen LogP contribution < -0.4 is 0 Å². The smallest absolute Gasteiger partial charge is 0.205 e. The first-order valence-corrected chi connectivity index (χ1v) is 7.61. The Morgan fingerprint density at radius 3 is 2.50 bits per heavy atom. The summed E-state index contributed by atoms with van der Waals surface area (Å²) in [7, 11) is -0.476. The summed E-state index contributed by atoms with van der Waals surface area (Å²) in [5.74, 6) is 0.860. The quantitative estimate of drug-likeness (QED) is 0.613. The van der Waals surface area contributed by atoms with Gasteiger partial charge in [0, 0.05) is 6.10 Å². The van der Waals surface area contributed by atoms with Crippen LogP contribution in [0, 0.1) is 5.92 Å². The highest BCUT2D eigenvalue weighted by molar-refractivity contribution is 6.48. The van der Waals surface area contributed by atoms with Crippen molar-refractivity contribution < 1.29 is 4.43 Å². The first-order chi connectivity index (χ1) is 5.74. The molecule has 0 aromatic heterocycles. The molecule has 0 amide bonds. The zero-order chi connectivity index (χ0) is 8.97. The van der Waals surface area contributed by atoms with Crippen molar-refractivity contribution in [1.82, 2.24) is 0 Å². The third-order valence-electron chi connectivity index (χ3n) is 2.75. The topological polar surface area (TPSA) is 9.23 Å². The zero-order valence-electron chi connectivity index (χ0n) is 8.60. The number of hydrogen-bond acceptors (Lipinski definition) is 1. The van der Waals surface area contributed by atoms with Crippen LogP contribution in [0.2, 0.25) is 13.1 Å². The van der Waals surface area contributed by atoms with Gasteiger partial charge in [-0.05, 0) is 31.9 Å². The average molecular weight is 185 g/mol. The summed E-state index contributed by atoms with van der Waals surface area (Å²) < 4.78 is 6.00. The molecule has 1 aliphatic rings. The molecule has 1 radical (unpaired) electrons. The van der Waals surface area contributed by atoms with E-state index in [4.69, 9.17) is 4.43 Å². The highest BCUT2D eigenvalue weighted by Gasteiger charge is 2.24. The van der Waals surface area contributed by atoms with Gasteiger partial charge in [-0.2, -0.15) is 0 Å². The van der Waals surface area contributed by atoms with Gasteiger partial charge in [0.15, 0.2) is 0 Å². The second-order valence-electron chi connectivity index (χ2n) is 4.02. The van der Waals surface area contributed by atoms with Gasteiger partial charge in [-0.25, -0.2) is 0 Å². The normalized spacial score (nSPS) is 31.0. The molecule has 1 rings (SSSR count). The maximum absolute atomic E-state index is 6.00. The Labute approximate surface area is 78.2 Å². The van der Waals surface area contributed by atoms with E-state index in [1.165, 1.54) is 32.1 Å². The Kier molecular flexibility index (Phi) is 4.30. The molecule has 0 heterocycles. The van der Waals surface area contributed by atoms with Crippen LogP contribution in [-0.2, 0) is 4.43 Å². The molecule has 1 saturated carbocycles. The van der Waals surface area contributed by atoms with Crippen LogP contribution in [0.15, 0.2) is 0 Å². The minimum atomic E-state index is -0.476. The second kappa shape index (κ2) is 5.03. The van der Waals surface area contributed by atoms with Crippen molar-refractivity contribution in [1.29, 1.82) is 0 Å². The van der Waals surface area contributed by atoms with Gasteiger partial charge < -0.3 is 4.43 Å². The molecule has 0 aromatic rings. The summed E-state index contributed by atoms with van der Waals surface area (Å²) in [6.45, 7) is 6.78. The summed E-state index contributed by atoms with van der Waals surface area (Å²) in [4.78, 5) is 0. The van der Waals surface area contributed by atoms with E-state index < -0.39 is 9.04 Å².